The number of sulfone groups is 1. The van der Waals surface area contributed by atoms with Crippen molar-refractivity contribution in [3.05, 3.63) is 65.7 Å². The number of carbonyl (C=O) groups is 1. The summed E-state index contributed by atoms with van der Waals surface area (Å²) >= 11 is 3.36. The Kier molecular flexibility index (Phi) is 4.12. The van der Waals surface area contributed by atoms with Gasteiger partial charge in [-0.2, -0.15) is 0 Å². The van der Waals surface area contributed by atoms with Crippen molar-refractivity contribution in [2.24, 2.45) is 0 Å². The van der Waals surface area contributed by atoms with E-state index in [2.05, 4.69) is 15.9 Å². The van der Waals surface area contributed by atoms with Crippen LogP contribution in [0.15, 0.2) is 59.5 Å². The van der Waals surface area contributed by atoms with Crippen LogP contribution in [0.25, 0.3) is 11.1 Å². The molecule has 23 heavy (non-hydrogen) atoms. The molecule has 0 aliphatic carbocycles. The van der Waals surface area contributed by atoms with Crippen molar-refractivity contribution < 1.29 is 17.9 Å². The van der Waals surface area contributed by atoms with Gasteiger partial charge in [0.05, 0.1) is 10.5 Å². The monoisotopic (exact) mass is 392 g/mol. The first-order valence-corrected chi connectivity index (χ1v) is 9.64. The van der Waals surface area contributed by atoms with Crippen molar-refractivity contribution in [2.45, 2.75) is 9.91 Å². The predicted octanol–water partition coefficient (Wildman–Crippen LogP) is 3.28. The summed E-state index contributed by atoms with van der Waals surface area (Å²) in [5.74, 6) is -0.403. The lowest BCUT2D eigenvalue weighted by atomic mass is 9.97. The summed E-state index contributed by atoms with van der Waals surface area (Å²) in [7, 11) is -3.26. The lowest BCUT2D eigenvalue weighted by molar-refractivity contribution is -0.134. The molecule has 1 unspecified atom stereocenters. The van der Waals surface area contributed by atoms with Gasteiger partial charge in [-0.15, -0.1) is 0 Å². The Balaban J connectivity index is 2.15. The topological polar surface area (TPSA) is 60.4 Å². The molecule has 0 spiro atoms. The number of ether oxygens (including phenoxy) is 1. The van der Waals surface area contributed by atoms with E-state index in [1.807, 2.05) is 30.3 Å². The standard InChI is InChI=1S/C17H13BrO4S/c1-23(20,21)13-9-7-12(8-10-13)14-15(17(19)22-16(14)18)11-5-3-2-4-6-11/h2-10,16H,1H3. The number of rotatable bonds is 3. The van der Waals surface area contributed by atoms with Gasteiger partial charge in [-0.25, -0.2) is 13.2 Å². The molecule has 0 N–H and O–H groups in total. The van der Waals surface area contributed by atoms with Gasteiger partial charge in [0.1, 0.15) is 0 Å². The SMILES string of the molecule is CS(=O)(=O)c1ccc(C2=C(c3ccccc3)C(=O)OC2Br)cc1. The van der Waals surface area contributed by atoms with Crippen LogP contribution < -0.4 is 0 Å². The highest BCUT2D eigenvalue weighted by atomic mass is 79.9. The van der Waals surface area contributed by atoms with Gasteiger partial charge in [-0.05, 0) is 39.2 Å². The number of hydrogen-bond acceptors (Lipinski definition) is 4. The van der Waals surface area contributed by atoms with Crippen LogP contribution in [0, 0.1) is 0 Å². The van der Waals surface area contributed by atoms with E-state index in [1.54, 1.807) is 12.1 Å². The zero-order chi connectivity index (χ0) is 16.6. The average molecular weight is 393 g/mol. The second kappa shape index (κ2) is 5.94. The predicted molar refractivity (Wildman–Crippen MR) is 91.6 cm³/mol. The molecule has 3 rings (SSSR count). The Morgan fingerprint density at radius 1 is 0.957 bits per heavy atom. The maximum absolute atomic E-state index is 12.2. The highest BCUT2D eigenvalue weighted by Gasteiger charge is 2.34. The number of cyclic esters (lactones) is 1. The fraction of sp³-hybridized carbons (Fsp3) is 0.118. The molecule has 1 aliphatic rings. The molecule has 2 aromatic rings. The molecular weight excluding hydrogens is 380 g/mol. The van der Waals surface area contributed by atoms with Crippen molar-refractivity contribution in [1.29, 1.82) is 0 Å². The minimum atomic E-state index is -3.26. The quantitative estimate of drug-likeness (QED) is 0.593. The smallest absolute Gasteiger partial charge is 0.340 e. The fourth-order valence-electron chi connectivity index (χ4n) is 2.47. The van der Waals surface area contributed by atoms with Crippen molar-refractivity contribution in [3.63, 3.8) is 0 Å². The Bertz CT molecular complexity index is 884. The molecule has 1 aliphatic heterocycles. The van der Waals surface area contributed by atoms with E-state index < -0.39 is 20.8 Å². The molecule has 4 nitrogen and oxygen atoms in total. The number of hydrogen-bond donors (Lipinski definition) is 0. The zero-order valence-electron chi connectivity index (χ0n) is 12.2. The summed E-state index contributed by atoms with van der Waals surface area (Å²) in [4.78, 5) is 12.4. The fourth-order valence-corrected chi connectivity index (χ4v) is 3.76. The number of esters is 1. The van der Waals surface area contributed by atoms with Crippen molar-refractivity contribution in [3.8, 4) is 0 Å². The van der Waals surface area contributed by atoms with Crippen LogP contribution in [0.1, 0.15) is 11.1 Å². The van der Waals surface area contributed by atoms with E-state index >= 15 is 0 Å². The van der Waals surface area contributed by atoms with Gasteiger partial charge in [-0.1, -0.05) is 42.5 Å². The molecule has 118 valence electrons. The highest BCUT2D eigenvalue weighted by molar-refractivity contribution is 9.09. The summed E-state index contributed by atoms with van der Waals surface area (Å²) in [6.45, 7) is 0. The van der Waals surface area contributed by atoms with Gasteiger partial charge in [0, 0.05) is 11.8 Å². The lowest BCUT2D eigenvalue weighted by Crippen LogP contribution is -2.02. The summed E-state index contributed by atoms with van der Waals surface area (Å²) in [5, 5.41) is -0.561. The van der Waals surface area contributed by atoms with Crippen LogP contribution in [0.4, 0.5) is 0 Å². The van der Waals surface area contributed by atoms with Crippen LogP contribution in [-0.2, 0) is 19.4 Å². The minimum Gasteiger partial charge on any atom is -0.442 e. The largest absolute Gasteiger partial charge is 0.442 e. The third kappa shape index (κ3) is 3.09. The van der Waals surface area contributed by atoms with Crippen molar-refractivity contribution in [2.75, 3.05) is 6.26 Å². The third-order valence-electron chi connectivity index (χ3n) is 3.57. The summed E-state index contributed by atoms with van der Waals surface area (Å²) in [6, 6.07) is 15.7. The molecule has 2 aromatic carbocycles. The maximum atomic E-state index is 12.2. The highest BCUT2D eigenvalue weighted by Crippen LogP contribution is 2.39. The van der Waals surface area contributed by atoms with Crippen molar-refractivity contribution >= 4 is 42.9 Å². The van der Waals surface area contributed by atoms with E-state index in [4.69, 9.17) is 4.74 Å². The molecule has 0 saturated heterocycles. The Hall–Kier alpha value is -1.92. The third-order valence-corrected chi connectivity index (χ3v) is 5.34. The molecule has 0 amide bonds. The maximum Gasteiger partial charge on any atom is 0.340 e. The summed E-state index contributed by atoms with van der Waals surface area (Å²) < 4.78 is 28.4. The Morgan fingerprint density at radius 2 is 1.57 bits per heavy atom. The molecule has 0 aromatic heterocycles. The van der Waals surface area contributed by atoms with Crippen LogP contribution >= 0.6 is 15.9 Å². The first kappa shape index (κ1) is 16.0. The van der Waals surface area contributed by atoms with E-state index in [0.717, 1.165) is 17.4 Å². The van der Waals surface area contributed by atoms with Gasteiger partial charge in [0.25, 0.3) is 0 Å². The van der Waals surface area contributed by atoms with Gasteiger partial charge in [0.15, 0.2) is 14.9 Å². The lowest BCUT2D eigenvalue weighted by Gasteiger charge is -2.09. The number of carbonyl (C=O) groups excluding carboxylic acids is 1. The molecule has 0 bridgehead atoms. The van der Waals surface area contributed by atoms with E-state index in [-0.39, 0.29) is 4.90 Å². The van der Waals surface area contributed by atoms with E-state index in [0.29, 0.717) is 11.1 Å². The molecule has 1 atom stereocenters. The Labute approximate surface area is 142 Å². The van der Waals surface area contributed by atoms with Crippen LogP contribution in [0.2, 0.25) is 0 Å². The van der Waals surface area contributed by atoms with Gasteiger partial charge in [0.2, 0.25) is 0 Å². The normalized spacial score (nSPS) is 18.2. The van der Waals surface area contributed by atoms with Gasteiger partial charge >= 0.3 is 5.97 Å². The molecule has 0 radical (unpaired) electrons. The van der Waals surface area contributed by atoms with E-state index in [1.165, 1.54) is 12.1 Å². The first-order valence-electron chi connectivity index (χ1n) is 6.83. The van der Waals surface area contributed by atoms with Gasteiger partial charge in [-0.3, -0.25) is 0 Å². The van der Waals surface area contributed by atoms with Crippen LogP contribution in [-0.4, -0.2) is 25.7 Å². The average Bonchev–Trinajstić information content (AvgIpc) is 2.82. The molecule has 1 heterocycles. The number of halogens is 1. The Morgan fingerprint density at radius 3 is 2.13 bits per heavy atom. The van der Waals surface area contributed by atoms with Crippen LogP contribution in [0.3, 0.4) is 0 Å². The second-order valence-electron chi connectivity index (χ2n) is 5.17. The number of alkyl halides is 1. The molecule has 0 saturated carbocycles. The van der Waals surface area contributed by atoms with E-state index in [9.17, 15) is 13.2 Å². The van der Waals surface area contributed by atoms with Gasteiger partial charge < -0.3 is 4.74 Å². The number of benzene rings is 2. The molecular formula is C17H13BrO4S. The van der Waals surface area contributed by atoms with Crippen molar-refractivity contribution in [1.82, 2.24) is 0 Å². The minimum absolute atomic E-state index is 0.236. The summed E-state index contributed by atoms with van der Waals surface area (Å²) in [5.41, 5.74) is 2.69. The second-order valence-corrected chi connectivity index (χ2v) is 8.02. The zero-order valence-corrected chi connectivity index (χ0v) is 14.6. The summed E-state index contributed by atoms with van der Waals surface area (Å²) in [6.07, 6.45) is 1.16. The first-order chi connectivity index (χ1) is 10.9. The van der Waals surface area contributed by atoms with Crippen LogP contribution in [0.5, 0.6) is 0 Å². The molecule has 0 fully saturated rings. The molecule has 6 heteroatoms.